The van der Waals surface area contributed by atoms with Crippen molar-refractivity contribution in [3.63, 3.8) is 0 Å². The van der Waals surface area contributed by atoms with Crippen molar-refractivity contribution in [3.8, 4) is 22.8 Å². The number of halogens is 1. The molecule has 0 amide bonds. The average molecular weight is 374 g/mol. The number of rotatable bonds is 5. The molecular formula is C21H16ClN5. The molecule has 0 radical (unpaired) electrons. The number of nitrogens with zero attached hydrogens (tertiary/aromatic N) is 4. The van der Waals surface area contributed by atoms with Crippen molar-refractivity contribution in [2.24, 2.45) is 0 Å². The van der Waals surface area contributed by atoms with E-state index in [1.807, 2.05) is 60.7 Å². The zero-order chi connectivity index (χ0) is 18.5. The van der Waals surface area contributed by atoms with Crippen LogP contribution in [0.25, 0.3) is 22.8 Å². The van der Waals surface area contributed by atoms with Crippen LogP contribution in [0.4, 0.5) is 5.82 Å². The third-order valence-electron chi connectivity index (χ3n) is 3.96. The minimum atomic E-state index is 0.602. The van der Waals surface area contributed by atoms with E-state index < -0.39 is 0 Å². The standard InChI is InChI=1S/C21H16ClN5/c22-17-8-6-15(7-9-17)13-25-20-12-19(18-5-1-2-11-24-18)26-21(27-20)16-4-3-10-23-14-16/h1-12,14H,13H2,(H,25,26,27). The predicted octanol–water partition coefficient (Wildman–Crippen LogP) is 4.87. The number of aromatic nitrogens is 4. The van der Waals surface area contributed by atoms with E-state index >= 15 is 0 Å². The van der Waals surface area contributed by atoms with Gasteiger partial charge in [0.1, 0.15) is 5.82 Å². The molecule has 5 nitrogen and oxygen atoms in total. The molecule has 0 saturated carbocycles. The molecule has 4 aromatic rings. The van der Waals surface area contributed by atoms with E-state index in [-0.39, 0.29) is 0 Å². The van der Waals surface area contributed by atoms with Gasteiger partial charge in [-0.1, -0.05) is 29.8 Å². The molecule has 132 valence electrons. The zero-order valence-corrected chi connectivity index (χ0v) is 15.1. The summed E-state index contributed by atoms with van der Waals surface area (Å²) >= 11 is 5.95. The summed E-state index contributed by atoms with van der Waals surface area (Å²) in [4.78, 5) is 17.9. The van der Waals surface area contributed by atoms with Crippen molar-refractivity contribution in [2.45, 2.75) is 6.54 Å². The van der Waals surface area contributed by atoms with Gasteiger partial charge in [0.05, 0.1) is 11.4 Å². The summed E-state index contributed by atoms with van der Waals surface area (Å²) in [6.45, 7) is 0.627. The average Bonchev–Trinajstić information content (AvgIpc) is 2.74. The summed E-state index contributed by atoms with van der Waals surface area (Å²) in [7, 11) is 0. The summed E-state index contributed by atoms with van der Waals surface area (Å²) in [5.41, 5.74) is 3.51. The van der Waals surface area contributed by atoms with E-state index in [0.717, 1.165) is 33.4 Å². The molecule has 0 spiro atoms. The Hall–Kier alpha value is -3.31. The molecule has 0 atom stereocenters. The van der Waals surface area contributed by atoms with Crippen molar-refractivity contribution in [1.82, 2.24) is 19.9 Å². The Labute approximate surface area is 162 Å². The molecule has 27 heavy (non-hydrogen) atoms. The van der Waals surface area contributed by atoms with Crippen molar-refractivity contribution in [1.29, 1.82) is 0 Å². The Bertz CT molecular complexity index is 964. The maximum atomic E-state index is 5.95. The second kappa shape index (κ2) is 7.93. The largest absolute Gasteiger partial charge is 0.366 e. The van der Waals surface area contributed by atoms with Gasteiger partial charge in [-0.15, -0.1) is 0 Å². The number of hydrogen-bond donors (Lipinski definition) is 1. The van der Waals surface area contributed by atoms with Gasteiger partial charge in [0, 0.05) is 41.8 Å². The predicted molar refractivity (Wildman–Crippen MR) is 107 cm³/mol. The molecule has 0 aliphatic heterocycles. The Balaban J connectivity index is 1.68. The highest BCUT2D eigenvalue weighted by Gasteiger charge is 2.09. The fraction of sp³-hybridized carbons (Fsp3) is 0.0476. The van der Waals surface area contributed by atoms with Crippen LogP contribution >= 0.6 is 11.6 Å². The molecule has 0 fully saturated rings. The molecule has 3 heterocycles. The molecule has 0 aliphatic carbocycles. The normalized spacial score (nSPS) is 10.6. The summed E-state index contributed by atoms with van der Waals surface area (Å²) in [6, 6.07) is 19.2. The molecule has 0 saturated heterocycles. The Kier molecular flexibility index (Phi) is 5.03. The van der Waals surface area contributed by atoms with Crippen LogP contribution in [-0.4, -0.2) is 19.9 Å². The van der Waals surface area contributed by atoms with Gasteiger partial charge < -0.3 is 5.32 Å². The number of hydrogen-bond acceptors (Lipinski definition) is 5. The van der Waals surface area contributed by atoms with Gasteiger partial charge in [-0.25, -0.2) is 9.97 Å². The minimum absolute atomic E-state index is 0.602. The summed E-state index contributed by atoms with van der Waals surface area (Å²) in [6.07, 6.45) is 5.23. The number of anilines is 1. The molecule has 4 rings (SSSR count). The van der Waals surface area contributed by atoms with Crippen LogP contribution in [0, 0.1) is 0 Å². The Morgan fingerprint density at radius 3 is 2.48 bits per heavy atom. The zero-order valence-electron chi connectivity index (χ0n) is 14.4. The maximum absolute atomic E-state index is 5.95. The lowest BCUT2D eigenvalue weighted by Crippen LogP contribution is -2.04. The van der Waals surface area contributed by atoms with Gasteiger partial charge in [0.2, 0.25) is 0 Å². The first kappa shape index (κ1) is 17.1. The van der Waals surface area contributed by atoms with Crippen molar-refractivity contribution < 1.29 is 0 Å². The second-order valence-electron chi connectivity index (χ2n) is 5.90. The molecule has 0 aliphatic rings. The first-order valence-electron chi connectivity index (χ1n) is 8.47. The topological polar surface area (TPSA) is 63.6 Å². The van der Waals surface area contributed by atoms with E-state index in [9.17, 15) is 0 Å². The van der Waals surface area contributed by atoms with E-state index in [0.29, 0.717) is 12.4 Å². The van der Waals surface area contributed by atoms with Gasteiger partial charge in [-0.3, -0.25) is 9.97 Å². The van der Waals surface area contributed by atoms with E-state index in [4.69, 9.17) is 11.6 Å². The summed E-state index contributed by atoms with van der Waals surface area (Å²) in [5, 5.41) is 4.08. The van der Waals surface area contributed by atoms with E-state index in [2.05, 4.69) is 25.3 Å². The lowest BCUT2D eigenvalue weighted by atomic mass is 10.2. The van der Waals surface area contributed by atoms with Crippen molar-refractivity contribution in [2.75, 3.05) is 5.32 Å². The third kappa shape index (κ3) is 4.27. The molecule has 0 unspecified atom stereocenters. The fourth-order valence-corrected chi connectivity index (χ4v) is 2.73. The number of nitrogens with one attached hydrogen (secondary N) is 1. The number of pyridine rings is 2. The van der Waals surface area contributed by atoms with Crippen LogP contribution < -0.4 is 5.32 Å². The van der Waals surface area contributed by atoms with E-state index in [1.165, 1.54) is 0 Å². The fourth-order valence-electron chi connectivity index (χ4n) is 2.60. The third-order valence-corrected chi connectivity index (χ3v) is 4.21. The van der Waals surface area contributed by atoms with Crippen LogP contribution in [0.2, 0.25) is 5.02 Å². The van der Waals surface area contributed by atoms with Crippen LogP contribution in [0.1, 0.15) is 5.56 Å². The number of benzene rings is 1. The Morgan fingerprint density at radius 2 is 1.74 bits per heavy atom. The van der Waals surface area contributed by atoms with Crippen molar-refractivity contribution in [3.05, 3.63) is 89.8 Å². The van der Waals surface area contributed by atoms with Crippen LogP contribution in [-0.2, 0) is 6.54 Å². The molecule has 0 bridgehead atoms. The SMILES string of the molecule is Clc1ccc(CNc2cc(-c3ccccn3)nc(-c3cccnc3)n2)cc1. The lowest BCUT2D eigenvalue weighted by molar-refractivity contribution is 1.08. The first-order valence-corrected chi connectivity index (χ1v) is 8.85. The van der Waals surface area contributed by atoms with Crippen LogP contribution in [0.3, 0.4) is 0 Å². The van der Waals surface area contributed by atoms with Crippen molar-refractivity contribution >= 4 is 17.4 Å². The molecule has 3 aromatic heterocycles. The van der Waals surface area contributed by atoms with Crippen LogP contribution in [0.5, 0.6) is 0 Å². The van der Waals surface area contributed by atoms with Crippen LogP contribution in [0.15, 0.2) is 79.3 Å². The summed E-state index contributed by atoms with van der Waals surface area (Å²) in [5.74, 6) is 1.32. The van der Waals surface area contributed by atoms with E-state index in [1.54, 1.807) is 18.6 Å². The molecular weight excluding hydrogens is 358 g/mol. The first-order chi connectivity index (χ1) is 13.3. The van der Waals surface area contributed by atoms with Gasteiger partial charge in [0.25, 0.3) is 0 Å². The van der Waals surface area contributed by atoms with Gasteiger partial charge >= 0.3 is 0 Å². The highest BCUT2D eigenvalue weighted by molar-refractivity contribution is 6.30. The smallest absolute Gasteiger partial charge is 0.163 e. The quantitative estimate of drug-likeness (QED) is 0.541. The summed E-state index contributed by atoms with van der Waals surface area (Å²) < 4.78 is 0. The minimum Gasteiger partial charge on any atom is -0.366 e. The van der Waals surface area contributed by atoms with Gasteiger partial charge in [0.15, 0.2) is 5.82 Å². The highest BCUT2D eigenvalue weighted by atomic mass is 35.5. The highest BCUT2D eigenvalue weighted by Crippen LogP contribution is 2.23. The maximum Gasteiger partial charge on any atom is 0.163 e. The molecule has 6 heteroatoms. The monoisotopic (exact) mass is 373 g/mol. The molecule has 1 aromatic carbocycles. The Morgan fingerprint density at radius 1 is 0.852 bits per heavy atom. The van der Waals surface area contributed by atoms with Gasteiger partial charge in [-0.2, -0.15) is 0 Å². The lowest BCUT2D eigenvalue weighted by Gasteiger charge is -2.10. The molecule has 1 N–H and O–H groups in total. The van der Waals surface area contributed by atoms with Gasteiger partial charge in [-0.05, 0) is 42.0 Å². The second-order valence-corrected chi connectivity index (χ2v) is 6.34.